The number of nitrogens with zero attached hydrogens (tertiary/aromatic N) is 2. The number of rotatable bonds is 6. The summed E-state index contributed by atoms with van der Waals surface area (Å²) in [7, 11) is -0.0570. The number of hydrogen-bond donors (Lipinski definition) is 1. The summed E-state index contributed by atoms with van der Waals surface area (Å²) in [6, 6.07) is 10.4. The highest BCUT2D eigenvalue weighted by molar-refractivity contribution is 7.89. The van der Waals surface area contributed by atoms with Gasteiger partial charge < -0.3 is 4.90 Å². The van der Waals surface area contributed by atoms with E-state index in [0.717, 1.165) is 24.0 Å². The Hall–Kier alpha value is -1.83. The van der Waals surface area contributed by atoms with Crippen molar-refractivity contribution in [2.45, 2.75) is 10.9 Å². The number of hydrogen-bond acceptors (Lipinski definition) is 4. The molecule has 0 aliphatic rings. The van der Waals surface area contributed by atoms with E-state index in [1.54, 1.807) is 0 Å². The predicted molar refractivity (Wildman–Crippen MR) is 82.3 cm³/mol. The van der Waals surface area contributed by atoms with Crippen LogP contribution in [0.4, 0.5) is 4.39 Å². The van der Waals surface area contributed by atoms with Crippen molar-refractivity contribution in [2.75, 3.05) is 20.6 Å². The molecule has 1 N–H and O–H groups in total. The summed E-state index contributed by atoms with van der Waals surface area (Å²) in [6.07, 6.45) is 2.09. The zero-order chi connectivity index (χ0) is 16.2. The van der Waals surface area contributed by atoms with Gasteiger partial charge in [-0.2, -0.15) is 0 Å². The van der Waals surface area contributed by atoms with Crippen molar-refractivity contribution in [1.82, 2.24) is 14.6 Å². The van der Waals surface area contributed by atoms with Crippen LogP contribution in [0.25, 0.3) is 0 Å². The van der Waals surface area contributed by atoms with Gasteiger partial charge in [0.25, 0.3) is 0 Å². The van der Waals surface area contributed by atoms with E-state index in [1.165, 1.54) is 0 Å². The van der Waals surface area contributed by atoms with Crippen LogP contribution in [0, 0.1) is 5.82 Å². The highest BCUT2D eigenvalue weighted by atomic mass is 32.2. The quantitative estimate of drug-likeness (QED) is 0.880. The summed E-state index contributed by atoms with van der Waals surface area (Å²) in [6.45, 7) is 0.176. The second-order valence-electron chi connectivity index (χ2n) is 5.08. The van der Waals surface area contributed by atoms with Gasteiger partial charge in [0.1, 0.15) is 10.7 Å². The molecular weight excluding hydrogens is 305 g/mol. The number of likely N-dealkylation sites (N-methyl/N-ethyl adjacent to an activating group) is 1. The van der Waals surface area contributed by atoms with Crippen LogP contribution < -0.4 is 4.72 Å². The van der Waals surface area contributed by atoms with Crippen molar-refractivity contribution in [3.8, 4) is 0 Å². The maximum Gasteiger partial charge on any atom is 0.242 e. The predicted octanol–water partition coefficient (Wildman–Crippen LogP) is 1.80. The first-order valence-electron chi connectivity index (χ1n) is 6.72. The Morgan fingerprint density at radius 2 is 1.91 bits per heavy atom. The fourth-order valence-corrected chi connectivity index (χ4v) is 3.10. The molecule has 0 fully saturated rings. The summed E-state index contributed by atoms with van der Waals surface area (Å²) >= 11 is 0. The van der Waals surface area contributed by atoms with E-state index >= 15 is 0 Å². The molecule has 0 unspecified atom stereocenters. The van der Waals surface area contributed by atoms with Crippen molar-refractivity contribution >= 4 is 10.0 Å². The first kappa shape index (κ1) is 16.5. The monoisotopic (exact) mass is 323 g/mol. The van der Waals surface area contributed by atoms with Gasteiger partial charge in [-0.15, -0.1) is 0 Å². The van der Waals surface area contributed by atoms with Crippen LogP contribution in [0.15, 0.2) is 53.7 Å². The zero-order valence-corrected chi connectivity index (χ0v) is 13.2. The number of sulfonamides is 1. The summed E-state index contributed by atoms with van der Waals surface area (Å²) < 4.78 is 40.0. The van der Waals surface area contributed by atoms with Crippen LogP contribution in [-0.4, -0.2) is 38.9 Å². The average molecular weight is 323 g/mol. The smallest absolute Gasteiger partial charge is 0.242 e. The van der Waals surface area contributed by atoms with Gasteiger partial charge in [-0.1, -0.05) is 30.3 Å². The van der Waals surface area contributed by atoms with E-state index in [-0.39, 0.29) is 17.5 Å². The van der Waals surface area contributed by atoms with Crippen molar-refractivity contribution in [3.05, 3.63) is 60.2 Å². The molecule has 5 nitrogen and oxygen atoms in total. The molecule has 0 aliphatic carbocycles. The molecule has 0 aliphatic heterocycles. The highest BCUT2D eigenvalue weighted by Gasteiger charge is 2.20. The Kier molecular flexibility index (Phi) is 5.23. The zero-order valence-electron chi connectivity index (χ0n) is 12.4. The summed E-state index contributed by atoms with van der Waals surface area (Å²) in [5.74, 6) is -0.685. The molecular formula is C15H18FN3O2S. The molecule has 0 bridgehead atoms. The van der Waals surface area contributed by atoms with Crippen LogP contribution in [0.2, 0.25) is 0 Å². The first-order valence-corrected chi connectivity index (χ1v) is 8.20. The number of aromatic nitrogens is 1. The van der Waals surface area contributed by atoms with Gasteiger partial charge in [0.15, 0.2) is 0 Å². The van der Waals surface area contributed by atoms with Crippen molar-refractivity contribution in [3.63, 3.8) is 0 Å². The van der Waals surface area contributed by atoms with Gasteiger partial charge in [0.05, 0.1) is 6.20 Å². The van der Waals surface area contributed by atoms with Gasteiger partial charge in [-0.25, -0.2) is 17.5 Å². The maximum absolute atomic E-state index is 13.1. The van der Waals surface area contributed by atoms with Crippen molar-refractivity contribution < 1.29 is 12.8 Å². The minimum Gasteiger partial charge on any atom is -0.301 e. The lowest BCUT2D eigenvalue weighted by molar-refractivity contribution is 0.299. The molecule has 0 saturated heterocycles. The fourth-order valence-electron chi connectivity index (χ4n) is 2.09. The summed E-state index contributed by atoms with van der Waals surface area (Å²) in [5.41, 5.74) is 0.993. The van der Waals surface area contributed by atoms with Crippen LogP contribution in [-0.2, 0) is 10.0 Å². The normalized spacial score (nSPS) is 13.3. The van der Waals surface area contributed by atoms with E-state index in [9.17, 15) is 12.8 Å². The minimum absolute atomic E-state index is 0.127. The molecule has 1 aromatic carbocycles. The van der Waals surface area contributed by atoms with Crippen LogP contribution >= 0.6 is 0 Å². The molecule has 7 heteroatoms. The lowest BCUT2D eigenvalue weighted by atomic mass is 10.1. The third kappa shape index (κ3) is 4.09. The Morgan fingerprint density at radius 1 is 1.23 bits per heavy atom. The molecule has 0 saturated carbocycles. The van der Waals surface area contributed by atoms with E-state index in [0.29, 0.717) is 0 Å². The third-order valence-electron chi connectivity index (χ3n) is 3.26. The van der Waals surface area contributed by atoms with Crippen LogP contribution in [0.1, 0.15) is 11.6 Å². The largest absolute Gasteiger partial charge is 0.301 e. The van der Waals surface area contributed by atoms with Gasteiger partial charge in [-0.05, 0) is 25.7 Å². The second-order valence-corrected chi connectivity index (χ2v) is 6.85. The first-order chi connectivity index (χ1) is 10.4. The van der Waals surface area contributed by atoms with E-state index in [1.807, 2.05) is 49.3 Å². The molecule has 1 heterocycles. The number of benzene rings is 1. The summed E-state index contributed by atoms with van der Waals surface area (Å²) in [5, 5.41) is 0. The number of nitrogens with one attached hydrogen (secondary N) is 1. The molecule has 2 aromatic rings. The Morgan fingerprint density at radius 3 is 2.50 bits per heavy atom. The standard InChI is InChI=1S/C15H18FN3O2S/c1-19(2)15(12-6-4-3-5-7-12)11-18-22(20,21)14-8-13(16)9-17-10-14/h3-10,15,18H,11H2,1-2H3/t15-/m0/s1. The maximum atomic E-state index is 13.1. The lowest BCUT2D eigenvalue weighted by Crippen LogP contribution is -2.34. The Labute approximate surface area is 129 Å². The third-order valence-corrected chi connectivity index (χ3v) is 4.66. The average Bonchev–Trinajstić information content (AvgIpc) is 2.48. The lowest BCUT2D eigenvalue weighted by Gasteiger charge is -2.25. The summed E-state index contributed by atoms with van der Waals surface area (Å²) in [4.78, 5) is 5.30. The molecule has 22 heavy (non-hydrogen) atoms. The fraction of sp³-hybridized carbons (Fsp3) is 0.267. The van der Waals surface area contributed by atoms with E-state index < -0.39 is 15.8 Å². The van der Waals surface area contributed by atoms with Crippen LogP contribution in [0.5, 0.6) is 0 Å². The van der Waals surface area contributed by atoms with E-state index in [2.05, 4.69) is 9.71 Å². The van der Waals surface area contributed by atoms with E-state index in [4.69, 9.17) is 0 Å². The topological polar surface area (TPSA) is 62.3 Å². The molecule has 1 aromatic heterocycles. The number of pyridine rings is 1. The second kappa shape index (κ2) is 6.95. The van der Waals surface area contributed by atoms with Gasteiger partial charge >= 0.3 is 0 Å². The SMILES string of the molecule is CN(C)[C@@H](CNS(=O)(=O)c1cncc(F)c1)c1ccccc1. The number of halogens is 1. The molecule has 0 radical (unpaired) electrons. The Bertz CT molecular complexity index is 721. The van der Waals surface area contributed by atoms with Crippen LogP contribution in [0.3, 0.4) is 0 Å². The molecule has 2 rings (SSSR count). The molecule has 1 atom stereocenters. The molecule has 0 amide bonds. The van der Waals surface area contributed by atoms with Gasteiger partial charge in [0.2, 0.25) is 10.0 Å². The Balaban J connectivity index is 2.16. The highest BCUT2D eigenvalue weighted by Crippen LogP contribution is 2.18. The van der Waals surface area contributed by atoms with Crippen molar-refractivity contribution in [1.29, 1.82) is 0 Å². The molecule has 118 valence electrons. The van der Waals surface area contributed by atoms with Crippen molar-refractivity contribution in [2.24, 2.45) is 0 Å². The molecule has 0 spiro atoms. The van der Waals surface area contributed by atoms with Gasteiger partial charge in [-0.3, -0.25) is 4.98 Å². The minimum atomic E-state index is -3.80. The van der Waals surface area contributed by atoms with Gasteiger partial charge in [0, 0.05) is 18.8 Å².